The van der Waals surface area contributed by atoms with Crippen molar-refractivity contribution >= 4 is 19.7 Å². The maximum absolute atomic E-state index is 13.6. The molecule has 82 heavy (non-hydrogen) atoms. The van der Waals surface area contributed by atoms with Crippen LogP contribution in [-0.2, 0) is 27.9 Å². The van der Waals surface area contributed by atoms with Crippen LogP contribution in [0.2, 0.25) is 0 Å². The van der Waals surface area contributed by atoms with E-state index in [1.807, 2.05) is 33.3 Å². The van der Waals surface area contributed by atoms with E-state index < -0.39 is 26.6 Å². The summed E-state index contributed by atoms with van der Waals surface area (Å²) in [5, 5.41) is 3.04. The highest BCUT2D eigenvalue weighted by Gasteiger charge is 2.27. The minimum atomic E-state index is -4.71. The number of amides is 1. The molecule has 0 bridgehead atoms. The monoisotopic (exact) mass is 1170 g/mol. The fourth-order valence-corrected chi connectivity index (χ4v) is 10.7. The number of carbonyl (C=O) groups excluding carboxylic acids is 2. The molecule has 0 rings (SSSR count). The predicted octanol–water partition coefficient (Wildman–Crippen LogP) is 21.3. The van der Waals surface area contributed by atoms with E-state index in [0.717, 1.165) is 89.9 Å². The van der Waals surface area contributed by atoms with Crippen molar-refractivity contribution in [3.63, 3.8) is 0 Å². The zero-order chi connectivity index (χ0) is 60.0. The standard InChI is InChI=1S/C72H133N2O7P/c1-7-10-13-16-19-22-25-28-30-32-34-36-37-39-40-42-44-46-49-52-55-58-61-64-71(75)73-69(68-80-82(77,78)79-67-66-74(4,5)6)70(63-60-57-54-51-48-27-24-21-18-15-12-9-3)81-72(76)65-62-59-56-53-50-47-45-43-41-38-35-33-31-29-26-23-20-17-14-11-8-2/h19-20,22-23,28-31,35,38,60,63,69-70H,7-18,21,24-27,32-34,36-37,39-59,61-62,64-68H2,1-6H3,(H-,73,75,77,78)/b22-19-,23-20-,30-28-,31-29-,38-35-,63-60+. The van der Waals surface area contributed by atoms with Gasteiger partial charge in [-0.15, -0.1) is 0 Å². The lowest BCUT2D eigenvalue weighted by Crippen LogP contribution is -2.47. The Morgan fingerprint density at radius 1 is 0.427 bits per heavy atom. The molecule has 0 spiro atoms. The smallest absolute Gasteiger partial charge is 0.306 e. The lowest BCUT2D eigenvalue weighted by Gasteiger charge is -2.30. The van der Waals surface area contributed by atoms with E-state index in [1.165, 1.54) is 199 Å². The first-order valence-corrected chi connectivity index (χ1v) is 36.2. The van der Waals surface area contributed by atoms with Crippen molar-refractivity contribution in [3.05, 3.63) is 72.9 Å². The minimum Gasteiger partial charge on any atom is -0.756 e. The third-order valence-electron chi connectivity index (χ3n) is 15.4. The number of phosphoric acid groups is 1. The van der Waals surface area contributed by atoms with Crippen molar-refractivity contribution in [2.45, 2.75) is 335 Å². The number of allylic oxidation sites excluding steroid dienone is 11. The largest absolute Gasteiger partial charge is 0.756 e. The Kier molecular flexibility index (Phi) is 59.6. The van der Waals surface area contributed by atoms with Gasteiger partial charge in [0.05, 0.1) is 33.8 Å². The topological polar surface area (TPSA) is 114 Å². The van der Waals surface area contributed by atoms with Gasteiger partial charge >= 0.3 is 5.97 Å². The van der Waals surface area contributed by atoms with Crippen molar-refractivity contribution in [3.8, 4) is 0 Å². The van der Waals surface area contributed by atoms with Gasteiger partial charge in [0.25, 0.3) is 7.82 Å². The SMILES string of the molecule is CCCCC/C=C\C/C=C\C/C=C\CCCCCCCCCCC(=O)OC(/C=C/CCCCCCCCCCCC)C(COP(=O)([O-])OCC[N+](C)(C)C)NC(=O)CCCCCCCCCCCCCCC/C=C\C/C=C\CCCCC. The van der Waals surface area contributed by atoms with Crippen LogP contribution in [0.4, 0.5) is 0 Å². The number of likely N-dealkylation sites (N-methyl/N-ethyl adjacent to an activating group) is 1. The van der Waals surface area contributed by atoms with Crippen molar-refractivity contribution in [1.29, 1.82) is 0 Å². The molecule has 0 aliphatic carbocycles. The fourth-order valence-electron chi connectivity index (χ4n) is 9.97. The summed E-state index contributed by atoms with van der Waals surface area (Å²) in [5.41, 5.74) is 0. The Balaban J connectivity index is 5.11. The maximum atomic E-state index is 13.6. The number of esters is 1. The molecule has 3 unspecified atom stereocenters. The van der Waals surface area contributed by atoms with Crippen LogP contribution in [0.15, 0.2) is 72.9 Å². The van der Waals surface area contributed by atoms with Crippen LogP contribution >= 0.6 is 7.82 Å². The highest BCUT2D eigenvalue weighted by atomic mass is 31.2. The van der Waals surface area contributed by atoms with Gasteiger partial charge in [0.15, 0.2) is 0 Å². The van der Waals surface area contributed by atoms with Crippen molar-refractivity contribution in [2.75, 3.05) is 40.9 Å². The predicted molar refractivity (Wildman–Crippen MR) is 353 cm³/mol. The molecule has 0 aliphatic heterocycles. The lowest BCUT2D eigenvalue weighted by atomic mass is 10.0. The number of nitrogens with one attached hydrogen (secondary N) is 1. The first kappa shape index (κ1) is 79.5. The molecule has 9 nitrogen and oxygen atoms in total. The first-order valence-electron chi connectivity index (χ1n) is 34.7. The third-order valence-corrected chi connectivity index (χ3v) is 16.3. The summed E-state index contributed by atoms with van der Waals surface area (Å²) < 4.78 is 30.4. The first-order chi connectivity index (χ1) is 39.9. The molecule has 0 aromatic heterocycles. The van der Waals surface area contributed by atoms with Crippen LogP contribution in [0.5, 0.6) is 0 Å². The van der Waals surface area contributed by atoms with Crippen molar-refractivity contribution < 1.29 is 37.3 Å². The molecule has 3 atom stereocenters. The van der Waals surface area contributed by atoms with E-state index in [1.54, 1.807) is 0 Å². The van der Waals surface area contributed by atoms with Gasteiger partial charge in [0, 0.05) is 12.8 Å². The molecule has 0 radical (unpaired) electrons. The van der Waals surface area contributed by atoms with Crippen LogP contribution < -0.4 is 10.2 Å². The molecule has 0 aromatic rings. The Labute approximate surface area is 508 Å². The van der Waals surface area contributed by atoms with Crippen LogP contribution in [0, 0.1) is 0 Å². The number of nitrogens with zero attached hydrogens (tertiary/aromatic N) is 1. The van der Waals surface area contributed by atoms with Gasteiger partial charge in [-0.05, 0) is 102 Å². The highest BCUT2D eigenvalue weighted by Crippen LogP contribution is 2.38. The number of ether oxygens (including phenoxy) is 1. The second kappa shape index (κ2) is 61.5. The molecule has 1 amide bonds. The molecule has 0 heterocycles. The summed E-state index contributed by atoms with van der Waals surface area (Å²) in [6.45, 7) is 6.82. The Morgan fingerprint density at radius 3 is 1.13 bits per heavy atom. The zero-order valence-electron chi connectivity index (χ0n) is 54.7. The number of unbranched alkanes of at least 4 members (excludes halogenated alkanes) is 37. The van der Waals surface area contributed by atoms with Crippen LogP contribution in [0.1, 0.15) is 323 Å². The second-order valence-corrected chi connectivity index (χ2v) is 26.1. The Morgan fingerprint density at radius 2 is 0.744 bits per heavy atom. The molecular formula is C72H133N2O7P. The number of hydrogen-bond acceptors (Lipinski definition) is 7. The molecule has 0 saturated heterocycles. The molecule has 0 saturated carbocycles. The van der Waals surface area contributed by atoms with Gasteiger partial charge in [0.2, 0.25) is 5.91 Å². The minimum absolute atomic E-state index is 0.0250. The molecule has 1 N–H and O–H groups in total. The molecular weight excluding hydrogens is 1040 g/mol. The Hall–Kier alpha value is -2.55. The molecule has 10 heteroatoms. The van der Waals surface area contributed by atoms with Crippen LogP contribution in [0.3, 0.4) is 0 Å². The summed E-state index contributed by atoms with van der Waals surface area (Å²) in [4.78, 5) is 40.2. The molecule has 0 aromatic carbocycles. The summed E-state index contributed by atoms with van der Waals surface area (Å²) in [6, 6.07) is -0.894. The van der Waals surface area contributed by atoms with Gasteiger partial charge < -0.3 is 28.5 Å². The summed E-state index contributed by atoms with van der Waals surface area (Å²) in [5.74, 6) is -0.542. The highest BCUT2D eigenvalue weighted by molar-refractivity contribution is 7.45. The fraction of sp³-hybridized carbons (Fsp3) is 0.806. The summed E-state index contributed by atoms with van der Waals surface area (Å²) in [6.07, 6.45) is 80.1. The number of hydrogen-bond donors (Lipinski definition) is 1. The average molecular weight is 1170 g/mol. The number of rotatable bonds is 63. The molecule has 0 aliphatic rings. The van der Waals surface area contributed by atoms with E-state index in [4.69, 9.17) is 13.8 Å². The van der Waals surface area contributed by atoms with E-state index in [9.17, 15) is 19.0 Å². The Bertz CT molecular complexity index is 1630. The molecule has 478 valence electrons. The second-order valence-electron chi connectivity index (χ2n) is 24.7. The average Bonchev–Trinajstić information content (AvgIpc) is 3.44. The maximum Gasteiger partial charge on any atom is 0.306 e. The van der Waals surface area contributed by atoms with Crippen molar-refractivity contribution in [1.82, 2.24) is 5.32 Å². The van der Waals surface area contributed by atoms with Gasteiger partial charge in [-0.3, -0.25) is 14.2 Å². The normalized spacial score (nSPS) is 14.0. The van der Waals surface area contributed by atoms with Gasteiger partial charge in [0.1, 0.15) is 19.3 Å². The summed E-state index contributed by atoms with van der Waals surface area (Å²) >= 11 is 0. The third kappa shape index (κ3) is 62.0. The zero-order valence-corrected chi connectivity index (χ0v) is 55.6. The quantitative estimate of drug-likeness (QED) is 0.0212. The summed E-state index contributed by atoms with van der Waals surface area (Å²) in [7, 11) is 1.18. The van der Waals surface area contributed by atoms with Crippen LogP contribution in [-0.4, -0.2) is 69.4 Å². The van der Waals surface area contributed by atoms with Gasteiger partial charge in [-0.1, -0.05) is 280 Å². The van der Waals surface area contributed by atoms with E-state index >= 15 is 0 Å². The number of quaternary nitrogens is 1. The van der Waals surface area contributed by atoms with E-state index in [2.05, 4.69) is 86.8 Å². The van der Waals surface area contributed by atoms with Crippen LogP contribution in [0.25, 0.3) is 0 Å². The molecule has 0 fully saturated rings. The van der Waals surface area contributed by atoms with E-state index in [-0.39, 0.29) is 24.9 Å². The van der Waals surface area contributed by atoms with E-state index in [0.29, 0.717) is 17.4 Å². The number of phosphoric ester groups is 1. The van der Waals surface area contributed by atoms with Crippen molar-refractivity contribution in [2.24, 2.45) is 0 Å². The van der Waals surface area contributed by atoms with Gasteiger partial charge in [-0.2, -0.15) is 0 Å². The number of carbonyl (C=O) groups is 2. The lowest BCUT2D eigenvalue weighted by molar-refractivity contribution is -0.870. The van der Waals surface area contributed by atoms with Gasteiger partial charge in [-0.25, -0.2) is 0 Å².